The number of nitrogens with zero attached hydrogens (tertiary/aromatic N) is 2. The van der Waals surface area contributed by atoms with Crippen molar-refractivity contribution in [2.45, 2.75) is 24.8 Å². The Bertz CT molecular complexity index is 469. The SMILES string of the molecule is CN(C)C1(CNc2ccc(N)c(C#N)c2)CCC1. The molecule has 0 radical (unpaired) electrons. The summed E-state index contributed by atoms with van der Waals surface area (Å²) in [7, 11) is 4.26. The van der Waals surface area contributed by atoms with Gasteiger partial charge in [0, 0.05) is 23.5 Å². The van der Waals surface area contributed by atoms with Crippen molar-refractivity contribution in [1.82, 2.24) is 4.90 Å². The second-order valence-corrected chi connectivity index (χ2v) is 5.24. The molecule has 0 amide bonds. The summed E-state index contributed by atoms with van der Waals surface area (Å²) in [5.74, 6) is 0. The molecular weight excluding hydrogens is 224 g/mol. The van der Waals surface area contributed by atoms with Crippen LogP contribution in [0.4, 0.5) is 11.4 Å². The number of nitrogen functional groups attached to an aromatic ring is 1. The Hall–Kier alpha value is -1.73. The third-order valence-corrected chi connectivity index (χ3v) is 4.03. The number of hydrogen-bond acceptors (Lipinski definition) is 4. The van der Waals surface area contributed by atoms with Crippen molar-refractivity contribution in [1.29, 1.82) is 5.26 Å². The van der Waals surface area contributed by atoms with Crippen LogP contribution in [0.1, 0.15) is 24.8 Å². The number of nitriles is 1. The predicted octanol–water partition coefficient (Wildman–Crippen LogP) is 2.04. The Kier molecular flexibility index (Phi) is 3.44. The van der Waals surface area contributed by atoms with Crippen LogP contribution in [0.5, 0.6) is 0 Å². The molecule has 0 atom stereocenters. The minimum atomic E-state index is 0.272. The van der Waals surface area contributed by atoms with Crippen LogP contribution >= 0.6 is 0 Å². The molecule has 0 unspecified atom stereocenters. The number of likely N-dealkylation sites (N-methyl/N-ethyl adjacent to an activating group) is 1. The molecule has 0 aliphatic heterocycles. The molecule has 1 aliphatic carbocycles. The minimum absolute atomic E-state index is 0.272. The topological polar surface area (TPSA) is 65.1 Å². The van der Waals surface area contributed by atoms with Crippen LogP contribution in [-0.4, -0.2) is 31.1 Å². The number of anilines is 2. The van der Waals surface area contributed by atoms with E-state index in [-0.39, 0.29) is 5.54 Å². The van der Waals surface area contributed by atoms with Crippen LogP contribution in [0.15, 0.2) is 18.2 Å². The zero-order chi connectivity index (χ0) is 13.2. The maximum atomic E-state index is 8.95. The Morgan fingerprint density at radius 3 is 2.67 bits per heavy atom. The molecule has 1 aromatic carbocycles. The Labute approximate surface area is 108 Å². The number of nitrogens with one attached hydrogen (secondary N) is 1. The summed E-state index contributed by atoms with van der Waals surface area (Å²) < 4.78 is 0. The van der Waals surface area contributed by atoms with Crippen LogP contribution in [0.3, 0.4) is 0 Å². The zero-order valence-electron chi connectivity index (χ0n) is 11.0. The summed E-state index contributed by atoms with van der Waals surface area (Å²) in [5, 5.41) is 12.4. The Morgan fingerprint density at radius 2 is 2.17 bits per heavy atom. The van der Waals surface area contributed by atoms with Gasteiger partial charge in [0.25, 0.3) is 0 Å². The molecule has 4 heteroatoms. The lowest BCUT2D eigenvalue weighted by atomic mass is 9.75. The van der Waals surface area contributed by atoms with E-state index in [2.05, 4.69) is 30.4 Å². The molecular formula is C14H20N4. The van der Waals surface area contributed by atoms with Gasteiger partial charge in [0.2, 0.25) is 0 Å². The molecule has 3 N–H and O–H groups in total. The van der Waals surface area contributed by atoms with Crippen LogP contribution in [0.2, 0.25) is 0 Å². The normalized spacial score (nSPS) is 17.0. The van der Waals surface area contributed by atoms with Crippen molar-refractivity contribution in [3.63, 3.8) is 0 Å². The average molecular weight is 244 g/mol. The fourth-order valence-electron chi connectivity index (χ4n) is 2.40. The molecule has 2 rings (SSSR count). The standard InChI is InChI=1S/C14H20N4/c1-18(2)14(6-3-7-14)10-17-12-4-5-13(16)11(8-12)9-15/h4-5,8,17H,3,6-7,10,16H2,1-2H3. The first kappa shape index (κ1) is 12.7. The van der Waals surface area contributed by atoms with Crippen molar-refractivity contribution < 1.29 is 0 Å². The second kappa shape index (κ2) is 4.87. The lowest BCUT2D eigenvalue weighted by Gasteiger charge is -2.47. The van der Waals surface area contributed by atoms with E-state index in [1.165, 1.54) is 19.3 Å². The summed E-state index contributed by atoms with van der Waals surface area (Å²) in [6.07, 6.45) is 3.76. The number of benzene rings is 1. The van der Waals surface area contributed by atoms with Crippen molar-refractivity contribution in [2.75, 3.05) is 31.7 Å². The third-order valence-electron chi connectivity index (χ3n) is 4.03. The van der Waals surface area contributed by atoms with Gasteiger partial charge in [0.1, 0.15) is 6.07 Å². The number of hydrogen-bond donors (Lipinski definition) is 2. The van der Waals surface area contributed by atoms with Gasteiger partial charge in [-0.25, -0.2) is 0 Å². The van der Waals surface area contributed by atoms with E-state index in [0.717, 1.165) is 12.2 Å². The van der Waals surface area contributed by atoms with E-state index in [0.29, 0.717) is 11.3 Å². The molecule has 4 nitrogen and oxygen atoms in total. The maximum Gasteiger partial charge on any atom is 0.101 e. The monoisotopic (exact) mass is 244 g/mol. The fraction of sp³-hybridized carbons (Fsp3) is 0.500. The van der Waals surface area contributed by atoms with Crippen LogP contribution in [0, 0.1) is 11.3 Å². The van der Waals surface area contributed by atoms with Gasteiger partial charge in [-0.1, -0.05) is 0 Å². The van der Waals surface area contributed by atoms with Gasteiger partial charge in [0.05, 0.1) is 5.56 Å². The van der Waals surface area contributed by atoms with E-state index < -0.39 is 0 Å². The largest absolute Gasteiger partial charge is 0.398 e. The summed E-state index contributed by atoms with van der Waals surface area (Å²) in [4.78, 5) is 2.30. The van der Waals surface area contributed by atoms with E-state index in [9.17, 15) is 0 Å². The first-order chi connectivity index (χ1) is 8.57. The van der Waals surface area contributed by atoms with Crippen LogP contribution < -0.4 is 11.1 Å². The van der Waals surface area contributed by atoms with E-state index >= 15 is 0 Å². The van der Waals surface area contributed by atoms with Gasteiger partial charge >= 0.3 is 0 Å². The summed E-state index contributed by atoms with van der Waals surface area (Å²) in [6.45, 7) is 0.911. The quantitative estimate of drug-likeness (QED) is 0.795. The first-order valence-electron chi connectivity index (χ1n) is 6.28. The molecule has 1 saturated carbocycles. The van der Waals surface area contributed by atoms with E-state index in [1.54, 1.807) is 6.07 Å². The summed E-state index contributed by atoms with van der Waals surface area (Å²) >= 11 is 0. The van der Waals surface area contributed by atoms with Gasteiger partial charge in [-0.3, -0.25) is 0 Å². The van der Waals surface area contributed by atoms with Crippen LogP contribution in [0.25, 0.3) is 0 Å². The van der Waals surface area contributed by atoms with Crippen molar-refractivity contribution >= 4 is 11.4 Å². The average Bonchev–Trinajstić information content (AvgIpc) is 2.29. The molecule has 18 heavy (non-hydrogen) atoms. The summed E-state index contributed by atoms with van der Waals surface area (Å²) in [6, 6.07) is 7.64. The molecule has 96 valence electrons. The number of rotatable bonds is 4. The smallest absolute Gasteiger partial charge is 0.101 e. The molecule has 0 spiro atoms. The predicted molar refractivity (Wildman–Crippen MR) is 74.3 cm³/mol. The van der Waals surface area contributed by atoms with Crippen molar-refractivity contribution in [2.24, 2.45) is 0 Å². The van der Waals surface area contributed by atoms with Gasteiger partial charge < -0.3 is 16.0 Å². The Morgan fingerprint density at radius 1 is 1.44 bits per heavy atom. The molecule has 1 aromatic rings. The van der Waals surface area contributed by atoms with Gasteiger partial charge in [-0.05, 0) is 51.6 Å². The molecule has 1 aliphatic rings. The highest BCUT2D eigenvalue weighted by Crippen LogP contribution is 2.36. The second-order valence-electron chi connectivity index (χ2n) is 5.24. The first-order valence-corrected chi connectivity index (χ1v) is 6.28. The highest BCUT2D eigenvalue weighted by molar-refractivity contribution is 5.61. The fourth-order valence-corrected chi connectivity index (χ4v) is 2.40. The minimum Gasteiger partial charge on any atom is -0.398 e. The van der Waals surface area contributed by atoms with Gasteiger partial charge in [-0.2, -0.15) is 5.26 Å². The molecule has 0 heterocycles. The number of nitrogens with two attached hydrogens (primary N) is 1. The third kappa shape index (κ3) is 2.27. The molecule has 0 saturated heterocycles. The lowest BCUT2D eigenvalue weighted by Crippen LogP contribution is -2.54. The highest BCUT2D eigenvalue weighted by atomic mass is 15.2. The zero-order valence-corrected chi connectivity index (χ0v) is 11.0. The molecule has 0 aromatic heterocycles. The van der Waals surface area contributed by atoms with Gasteiger partial charge in [0.15, 0.2) is 0 Å². The highest BCUT2D eigenvalue weighted by Gasteiger charge is 2.38. The molecule has 1 fully saturated rings. The maximum absolute atomic E-state index is 8.95. The van der Waals surface area contributed by atoms with E-state index in [4.69, 9.17) is 11.0 Å². The molecule has 0 bridgehead atoms. The van der Waals surface area contributed by atoms with Gasteiger partial charge in [-0.15, -0.1) is 0 Å². The van der Waals surface area contributed by atoms with Crippen LogP contribution in [-0.2, 0) is 0 Å². The van der Waals surface area contributed by atoms with Crippen molar-refractivity contribution in [3.8, 4) is 6.07 Å². The van der Waals surface area contributed by atoms with E-state index in [1.807, 2.05) is 12.1 Å². The van der Waals surface area contributed by atoms with Crippen molar-refractivity contribution in [3.05, 3.63) is 23.8 Å². The Balaban J connectivity index is 2.04. The summed E-state index contributed by atoms with van der Waals surface area (Å²) in [5.41, 5.74) is 8.02. The lowest BCUT2D eigenvalue weighted by molar-refractivity contribution is 0.0739.